The zero-order chi connectivity index (χ0) is 29.7. The lowest BCUT2D eigenvalue weighted by atomic mass is 9.92. The predicted octanol–water partition coefficient (Wildman–Crippen LogP) is 0.764. The summed E-state index contributed by atoms with van der Waals surface area (Å²) in [7, 11) is 0. The van der Waals surface area contributed by atoms with E-state index in [0.29, 0.717) is 6.54 Å². The second kappa shape index (κ2) is 12.3. The van der Waals surface area contributed by atoms with Crippen molar-refractivity contribution in [3.63, 3.8) is 0 Å². The molecule has 0 aliphatic heterocycles. The fourth-order valence-electron chi connectivity index (χ4n) is 4.57. The third-order valence-corrected chi connectivity index (χ3v) is 6.65. The Morgan fingerprint density at radius 1 is 0.659 bits per heavy atom. The molecule has 14 heteroatoms. The van der Waals surface area contributed by atoms with Gasteiger partial charge in [-0.25, -0.2) is 14.4 Å². The van der Waals surface area contributed by atoms with Gasteiger partial charge in [-0.1, -0.05) is 33.1 Å². The van der Waals surface area contributed by atoms with Crippen LogP contribution < -0.4 is 39.1 Å². The lowest BCUT2D eigenvalue weighted by Gasteiger charge is -2.19. The fourth-order valence-corrected chi connectivity index (χ4v) is 4.57. The van der Waals surface area contributed by atoms with Crippen LogP contribution >= 0.6 is 0 Å². The zero-order valence-corrected chi connectivity index (χ0v) is 22.4. The Balaban J connectivity index is 2.01. The first-order chi connectivity index (χ1) is 19.6. The van der Waals surface area contributed by atoms with Crippen LogP contribution in [0, 0.1) is 5.92 Å². The maximum absolute atomic E-state index is 13.6. The summed E-state index contributed by atoms with van der Waals surface area (Å²) in [6.45, 7) is 4.47. The van der Waals surface area contributed by atoms with Crippen molar-refractivity contribution in [2.24, 2.45) is 5.92 Å². The number of aromatic amines is 6. The smallest absolute Gasteiger partial charge is 0.326 e. The molecule has 0 spiro atoms. The molecule has 0 aliphatic rings. The van der Waals surface area contributed by atoms with E-state index in [4.69, 9.17) is 0 Å². The highest BCUT2D eigenvalue weighted by atomic mass is 16.2. The summed E-state index contributed by atoms with van der Waals surface area (Å²) >= 11 is 0. The summed E-state index contributed by atoms with van der Waals surface area (Å²) in [5.74, 6) is -0.332. The van der Waals surface area contributed by atoms with Gasteiger partial charge in [0.1, 0.15) is 0 Å². The molecule has 1 amide bonds. The molecule has 7 N–H and O–H groups in total. The van der Waals surface area contributed by atoms with Crippen LogP contribution in [0.5, 0.6) is 0 Å². The lowest BCUT2D eigenvalue weighted by molar-refractivity contribution is 0.0946. The first kappa shape index (κ1) is 28.7. The van der Waals surface area contributed by atoms with Gasteiger partial charge in [0.05, 0.1) is 17.1 Å². The van der Waals surface area contributed by atoms with E-state index in [2.05, 4.69) is 42.1 Å². The van der Waals surface area contributed by atoms with E-state index in [-0.39, 0.29) is 45.3 Å². The molecule has 1 unspecified atom stereocenters. The van der Waals surface area contributed by atoms with Gasteiger partial charge in [0, 0.05) is 47.0 Å². The van der Waals surface area contributed by atoms with Crippen LogP contribution in [0.2, 0.25) is 0 Å². The Kier molecular flexibility index (Phi) is 8.60. The van der Waals surface area contributed by atoms with Crippen LogP contribution in [-0.4, -0.2) is 42.4 Å². The van der Waals surface area contributed by atoms with E-state index in [1.54, 1.807) is 0 Å². The van der Waals surface area contributed by atoms with E-state index >= 15 is 0 Å². The number of carbonyl (C=O) groups is 1. The molecule has 1 aromatic carbocycles. The molecule has 0 radical (unpaired) electrons. The number of nitrogens with one attached hydrogen (secondary N) is 7. The van der Waals surface area contributed by atoms with Crippen LogP contribution in [0.1, 0.15) is 49.9 Å². The van der Waals surface area contributed by atoms with Crippen molar-refractivity contribution in [3.05, 3.63) is 98.4 Å². The van der Waals surface area contributed by atoms with Crippen LogP contribution in [0.25, 0.3) is 33.8 Å². The van der Waals surface area contributed by atoms with E-state index in [9.17, 15) is 33.6 Å². The third-order valence-electron chi connectivity index (χ3n) is 6.65. The van der Waals surface area contributed by atoms with Crippen molar-refractivity contribution in [2.75, 3.05) is 6.54 Å². The molecule has 3 heterocycles. The van der Waals surface area contributed by atoms with Gasteiger partial charge in [-0.05, 0) is 24.5 Å². The first-order valence-corrected chi connectivity index (χ1v) is 13.1. The van der Waals surface area contributed by atoms with E-state index in [1.165, 1.54) is 12.1 Å². The normalized spacial score (nSPS) is 11.8. The summed E-state index contributed by atoms with van der Waals surface area (Å²) in [5.41, 5.74) is -4.37. The Hall–Kier alpha value is -5.27. The standard InChI is InChI=1S/C27H29N7O7/c1-3-5-6-13(4-2)12-28-24(38)17-8-15(19-10-22(36)33-26(40)30-19)14(18-9-21(35)32-25(39)29-18)7-16(17)20-11-23(37)34-27(41)31-20/h7-11,13H,3-6,12H2,1-2H3,(H,28,38)(H2,29,32,35,39)(H2,30,33,36,40)(H2,31,34,37,41). The van der Waals surface area contributed by atoms with Gasteiger partial charge in [-0.2, -0.15) is 0 Å². The molecule has 4 rings (SSSR count). The number of carbonyl (C=O) groups excluding carboxylic acids is 1. The molecule has 0 aliphatic carbocycles. The van der Waals surface area contributed by atoms with Crippen molar-refractivity contribution >= 4 is 5.91 Å². The quantitative estimate of drug-likeness (QED) is 0.146. The van der Waals surface area contributed by atoms with Crippen LogP contribution in [-0.2, 0) is 0 Å². The van der Waals surface area contributed by atoms with Gasteiger partial charge in [-0.15, -0.1) is 0 Å². The number of rotatable bonds is 10. The average molecular weight is 564 g/mol. The molecule has 1 atom stereocenters. The summed E-state index contributed by atoms with van der Waals surface area (Å²) < 4.78 is 0. The second-order valence-corrected chi connectivity index (χ2v) is 9.57. The molecule has 0 bridgehead atoms. The largest absolute Gasteiger partial charge is 0.352 e. The first-order valence-electron chi connectivity index (χ1n) is 13.1. The van der Waals surface area contributed by atoms with Gasteiger partial charge in [0.2, 0.25) is 0 Å². The number of benzene rings is 1. The molecule has 214 valence electrons. The minimum atomic E-state index is -0.830. The van der Waals surface area contributed by atoms with Crippen molar-refractivity contribution in [3.8, 4) is 33.8 Å². The van der Waals surface area contributed by atoms with E-state index < -0.39 is 39.7 Å². The summed E-state index contributed by atoms with van der Waals surface area (Å²) in [5, 5.41) is 2.91. The Labute approximate surface area is 230 Å². The molecule has 41 heavy (non-hydrogen) atoms. The molecule has 0 saturated carbocycles. The fraction of sp³-hybridized carbons (Fsp3) is 0.296. The van der Waals surface area contributed by atoms with Crippen LogP contribution in [0.3, 0.4) is 0 Å². The van der Waals surface area contributed by atoms with Crippen molar-refractivity contribution in [1.82, 2.24) is 35.2 Å². The molecular formula is C27H29N7O7. The number of H-pyrrole nitrogens is 6. The van der Waals surface area contributed by atoms with Crippen molar-refractivity contribution in [1.29, 1.82) is 0 Å². The maximum atomic E-state index is 13.6. The topological polar surface area (TPSA) is 226 Å². The molecule has 0 fully saturated rings. The minimum Gasteiger partial charge on any atom is -0.352 e. The number of hydrogen-bond acceptors (Lipinski definition) is 7. The third kappa shape index (κ3) is 6.84. The Bertz CT molecular complexity index is 1860. The van der Waals surface area contributed by atoms with Gasteiger partial charge in [0.25, 0.3) is 22.6 Å². The molecule has 3 aromatic heterocycles. The Morgan fingerprint density at radius 2 is 1.12 bits per heavy atom. The highest BCUT2D eigenvalue weighted by molar-refractivity contribution is 6.03. The van der Waals surface area contributed by atoms with E-state index in [0.717, 1.165) is 43.9 Å². The minimum absolute atomic E-state index is 0.00339. The molecule has 4 aromatic rings. The summed E-state index contributed by atoms with van der Waals surface area (Å²) in [4.78, 5) is 100. The number of aromatic nitrogens is 6. The monoisotopic (exact) mass is 563 g/mol. The molecular weight excluding hydrogens is 534 g/mol. The number of unbranched alkanes of at least 4 members (excludes halogenated alkanes) is 1. The van der Waals surface area contributed by atoms with Gasteiger partial charge in [-0.3, -0.25) is 34.1 Å². The van der Waals surface area contributed by atoms with Crippen molar-refractivity contribution in [2.45, 2.75) is 39.5 Å². The second-order valence-electron chi connectivity index (χ2n) is 9.57. The highest BCUT2D eigenvalue weighted by Crippen LogP contribution is 2.35. The maximum Gasteiger partial charge on any atom is 0.326 e. The van der Waals surface area contributed by atoms with Crippen LogP contribution in [0.4, 0.5) is 0 Å². The summed E-state index contributed by atoms with van der Waals surface area (Å²) in [6.07, 6.45) is 3.75. The van der Waals surface area contributed by atoms with Gasteiger partial charge < -0.3 is 20.3 Å². The summed E-state index contributed by atoms with van der Waals surface area (Å²) in [6, 6.07) is 5.99. The van der Waals surface area contributed by atoms with Gasteiger partial charge in [0.15, 0.2) is 0 Å². The number of amides is 1. The predicted molar refractivity (Wildman–Crippen MR) is 152 cm³/mol. The average Bonchev–Trinajstić information content (AvgIpc) is 2.90. The van der Waals surface area contributed by atoms with E-state index in [1.807, 2.05) is 6.92 Å². The lowest BCUT2D eigenvalue weighted by Crippen LogP contribution is -2.30. The van der Waals surface area contributed by atoms with Gasteiger partial charge >= 0.3 is 17.1 Å². The SMILES string of the molecule is CCCCC(CC)CNC(=O)c1cc(-c2cc(=O)[nH]c(=O)[nH]2)c(-c2cc(=O)[nH]c(=O)[nH]2)cc1-c1cc(=O)[nH]c(=O)[nH]1. The Morgan fingerprint density at radius 3 is 1.56 bits per heavy atom. The molecule has 14 nitrogen and oxygen atoms in total. The van der Waals surface area contributed by atoms with Crippen LogP contribution in [0.15, 0.2) is 59.1 Å². The number of hydrogen-bond donors (Lipinski definition) is 7. The van der Waals surface area contributed by atoms with Crippen molar-refractivity contribution < 1.29 is 4.79 Å². The highest BCUT2D eigenvalue weighted by Gasteiger charge is 2.22. The molecule has 0 saturated heterocycles. The zero-order valence-electron chi connectivity index (χ0n) is 22.4.